The summed E-state index contributed by atoms with van der Waals surface area (Å²) in [7, 11) is -3.60. The van der Waals surface area contributed by atoms with E-state index in [-0.39, 0.29) is 10.8 Å². The Kier molecular flexibility index (Phi) is 4.68. The van der Waals surface area contributed by atoms with E-state index in [1.54, 1.807) is 23.2 Å². The molecule has 1 unspecified atom stereocenters. The summed E-state index contributed by atoms with van der Waals surface area (Å²) in [5.74, 6) is 0.537. The minimum absolute atomic E-state index is 0.132. The van der Waals surface area contributed by atoms with Gasteiger partial charge in [-0.25, -0.2) is 13.4 Å². The molecule has 4 heterocycles. The molecule has 2 saturated heterocycles. The average molecular weight is 377 g/mol. The fraction of sp³-hybridized carbons (Fsp3) is 0.529. The highest BCUT2D eigenvalue weighted by Gasteiger charge is 2.32. The molecule has 2 fully saturated rings. The van der Waals surface area contributed by atoms with Crippen LogP contribution in [-0.4, -0.2) is 72.8 Å². The molecule has 26 heavy (non-hydrogen) atoms. The topological polar surface area (TPSA) is 98.4 Å². The number of H-pyrrole nitrogens is 1. The minimum Gasteiger partial charge on any atom is -0.345 e. The van der Waals surface area contributed by atoms with Crippen LogP contribution in [0.5, 0.6) is 0 Å². The standard InChI is InChI=1S/C17H23N5O3S/c23-16(10-13-3-5-18-11-13)21-6-8-22(9-7-21)26(24,25)15-12-20-17-14(15)2-1-4-19-17/h1-2,4,12-13,18H,3,5-11H2,(H,19,20). The van der Waals surface area contributed by atoms with Gasteiger partial charge in [0.25, 0.3) is 0 Å². The van der Waals surface area contributed by atoms with E-state index in [1.807, 2.05) is 0 Å². The quantitative estimate of drug-likeness (QED) is 0.803. The van der Waals surface area contributed by atoms with Gasteiger partial charge in [0.15, 0.2) is 0 Å². The first-order valence-corrected chi connectivity index (χ1v) is 10.4. The number of nitrogens with zero attached hydrogens (tertiary/aromatic N) is 3. The molecule has 0 aromatic carbocycles. The van der Waals surface area contributed by atoms with E-state index in [1.165, 1.54) is 10.5 Å². The van der Waals surface area contributed by atoms with Gasteiger partial charge in [-0.3, -0.25) is 4.79 Å². The highest BCUT2D eigenvalue weighted by Crippen LogP contribution is 2.25. The third-order valence-corrected chi connectivity index (χ3v) is 7.19. The van der Waals surface area contributed by atoms with Crippen molar-refractivity contribution in [3.8, 4) is 0 Å². The summed E-state index contributed by atoms with van der Waals surface area (Å²) in [6.45, 7) is 3.41. The summed E-state index contributed by atoms with van der Waals surface area (Å²) in [4.78, 5) is 21.5. The van der Waals surface area contributed by atoms with Crippen molar-refractivity contribution in [2.45, 2.75) is 17.7 Å². The van der Waals surface area contributed by atoms with Gasteiger partial charge in [0, 0.05) is 50.4 Å². The predicted octanol–water partition coefficient (Wildman–Crippen LogP) is 0.395. The first-order chi connectivity index (χ1) is 12.6. The first kappa shape index (κ1) is 17.4. The van der Waals surface area contributed by atoms with E-state index in [4.69, 9.17) is 0 Å². The zero-order valence-corrected chi connectivity index (χ0v) is 15.3. The highest BCUT2D eigenvalue weighted by molar-refractivity contribution is 7.89. The summed E-state index contributed by atoms with van der Waals surface area (Å²) in [5, 5.41) is 3.87. The van der Waals surface area contributed by atoms with Crippen molar-refractivity contribution in [1.82, 2.24) is 24.5 Å². The lowest BCUT2D eigenvalue weighted by atomic mass is 10.0. The summed E-state index contributed by atoms with van der Waals surface area (Å²) >= 11 is 0. The van der Waals surface area contributed by atoms with Crippen LogP contribution in [0.1, 0.15) is 12.8 Å². The number of aromatic amines is 1. The van der Waals surface area contributed by atoms with Crippen LogP contribution in [0.3, 0.4) is 0 Å². The molecule has 9 heteroatoms. The Balaban J connectivity index is 1.43. The Labute approximate surface area is 152 Å². The molecule has 0 radical (unpaired) electrons. The lowest BCUT2D eigenvalue weighted by molar-refractivity contribution is -0.133. The van der Waals surface area contributed by atoms with Crippen LogP contribution in [0.2, 0.25) is 0 Å². The third kappa shape index (κ3) is 3.22. The minimum atomic E-state index is -3.60. The number of amides is 1. The van der Waals surface area contributed by atoms with Crippen LogP contribution in [-0.2, 0) is 14.8 Å². The van der Waals surface area contributed by atoms with Gasteiger partial charge in [0.05, 0.1) is 0 Å². The average Bonchev–Trinajstić information content (AvgIpc) is 3.31. The number of aromatic nitrogens is 2. The van der Waals surface area contributed by atoms with Gasteiger partial charge in [-0.15, -0.1) is 0 Å². The zero-order valence-electron chi connectivity index (χ0n) is 14.5. The summed E-state index contributed by atoms with van der Waals surface area (Å²) in [6.07, 6.45) is 4.71. The Morgan fingerprint density at radius 1 is 1.27 bits per heavy atom. The summed E-state index contributed by atoms with van der Waals surface area (Å²) < 4.78 is 27.4. The van der Waals surface area contributed by atoms with E-state index < -0.39 is 10.0 Å². The predicted molar refractivity (Wildman–Crippen MR) is 97.0 cm³/mol. The van der Waals surface area contributed by atoms with E-state index in [2.05, 4.69) is 15.3 Å². The molecule has 1 atom stereocenters. The number of carbonyl (C=O) groups excluding carboxylic acids is 1. The number of hydrogen-bond acceptors (Lipinski definition) is 5. The highest BCUT2D eigenvalue weighted by atomic mass is 32.2. The van der Waals surface area contributed by atoms with Crippen LogP contribution in [0.25, 0.3) is 11.0 Å². The van der Waals surface area contributed by atoms with Crippen molar-refractivity contribution in [3.05, 3.63) is 24.5 Å². The van der Waals surface area contributed by atoms with Gasteiger partial charge in [-0.2, -0.15) is 4.31 Å². The van der Waals surface area contributed by atoms with Gasteiger partial charge >= 0.3 is 0 Å². The molecule has 8 nitrogen and oxygen atoms in total. The number of fused-ring (bicyclic) bond motifs is 1. The second-order valence-electron chi connectivity index (χ2n) is 6.90. The van der Waals surface area contributed by atoms with E-state index in [9.17, 15) is 13.2 Å². The summed E-state index contributed by atoms with van der Waals surface area (Å²) in [5.41, 5.74) is 0.560. The monoisotopic (exact) mass is 377 g/mol. The number of hydrogen-bond donors (Lipinski definition) is 2. The van der Waals surface area contributed by atoms with Crippen LogP contribution in [0.4, 0.5) is 0 Å². The van der Waals surface area contributed by atoms with E-state index >= 15 is 0 Å². The number of rotatable bonds is 4. The fourth-order valence-electron chi connectivity index (χ4n) is 3.73. The van der Waals surface area contributed by atoms with Crippen molar-refractivity contribution in [2.75, 3.05) is 39.3 Å². The van der Waals surface area contributed by atoms with Gasteiger partial charge in [-0.1, -0.05) is 0 Å². The van der Waals surface area contributed by atoms with Crippen molar-refractivity contribution in [1.29, 1.82) is 0 Å². The number of pyridine rings is 1. The molecule has 2 aromatic heterocycles. The van der Waals surface area contributed by atoms with Crippen molar-refractivity contribution in [3.63, 3.8) is 0 Å². The molecule has 1 amide bonds. The molecular formula is C17H23N5O3S. The van der Waals surface area contributed by atoms with E-state index in [0.717, 1.165) is 19.5 Å². The Bertz CT molecular complexity index is 896. The van der Waals surface area contributed by atoms with E-state index in [0.29, 0.717) is 49.6 Å². The summed E-state index contributed by atoms with van der Waals surface area (Å²) in [6, 6.07) is 3.48. The smallest absolute Gasteiger partial charge is 0.245 e. The second kappa shape index (κ2) is 6.98. The Hall–Kier alpha value is -1.97. The van der Waals surface area contributed by atoms with Gasteiger partial charge in [0.2, 0.25) is 15.9 Å². The number of piperazine rings is 1. The molecule has 2 N–H and O–H groups in total. The fourth-order valence-corrected chi connectivity index (χ4v) is 5.30. The molecule has 0 bridgehead atoms. The van der Waals surface area contributed by atoms with Crippen LogP contribution in [0, 0.1) is 5.92 Å². The molecule has 140 valence electrons. The lowest BCUT2D eigenvalue weighted by Gasteiger charge is -2.34. The Morgan fingerprint density at radius 3 is 2.81 bits per heavy atom. The maximum atomic E-state index is 13.0. The number of carbonyl (C=O) groups is 1. The first-order valence-electron chi connectivity index (χ1n) is 8.96. The molecule has 2 aromatic rings. The SMILES string of the molecule is O=C(CC1CCNC1)N1CCN(S(=O)(=O)c2c[nH]c3ncccc23)CC1. The second-order valence-corrected chi connectivity index (χ2v) is 8.81. The molecule has 0 spiro atoms. The normalized spacial score (nSPS) is 22.2. The third-order valence-electron chi connectivity index (χ3n) is 5.25. The molecule has 0 aliphatic carbocycles. The van der Waals surface area contributed by atoms with Gasteiger partial charge in [-0.05, 0) is 37.6 Å². The van der Waals surface area contributed by atoms with Crippen molar-refractivity contribution < 1.29 is 13.2 Å². The largest absolute Gasteiger partial charge is 0.345 e. The lowest BCUT2D eigenvalue weighted by Crippen LogP contribution is -2.50. The van der Waals surface area contributed by atoms with Crippen LogP contribution >= 0.6 is 0 Å². The maximum absolute atomic E-state index is 13.0. The molecule has 0 saturated carbocycles. The molecular weight excluding hydrogens is 354 g/mol. The molecule has 2 aliphatic heterocycles. The zero-order chi connectivity index (χ0) is 18.1. The van der Waals surface area contributed by atoms with Crippen molar-refractivity contribution in [2.24, 2.45) is 5.92 Å². The van der Waals surface area contributed by atoms with Gasteiger partial charge < -0.3 is 15.2 Å². The number of sulfonamides is 1. The number of nitrogens with one attached hydrogen (secondary N) is 2. The van der Waals surface area contributed by atoms with Crippen LogP contribution < -0.4 is 5.32 Å². The van der Waals surface area contributed by atoms with Crippen molar-refractivity contribution >= 4 is 27.0 Å². The molecule has 2 aliphatic rings. The van der Waals surface area contributed by atoms with Crippen LogP contribution in [0.15, 0.2) is 29.4 Å². The molecule has 4 rings (SSSR count). The Morgan fingerprint density at radius 2 is 2.08 bits per heavy atom. The van der Waals surface area contributed by atoms with Gasteiger partial charge in [0.1, 0.15) is 10.5 Å². The maximum Gasteiger partial charge on any atom is 0.245 e.